The molecule has 2 aliphatic carbocycles. The standard InChI is InChI=1S/C23H33N3O2/c27-23-13-18(15-26-11-10-24-17-26)12-22(23)25-14-19-6-4-5-7-20(19)16-28-21-8-2-1-3-9-21/h4-7,10-11,17-18,21-23,25,27H,1-3,8-9,12-16H2/t18?,22-,23-/m1/s1. The van der Waals surface area contributed by atoms with Crippen molar-refractivity contribution in [3.05, 3.63) is 54.1 Å². The molecule has 152 valence electrons. The summed E-state index contributed by atoms with van der Waals surface area (Å²) < 4.78 is 8.30. The molecule has 0 bridgehead atoms. The van der Waals surface area contributed by atoms with E-state index in [9.17, 15) is 5.11 Å². The van der Waals surface area contributed by atoms with Gasteiger partial charge in [0.05, 0.1) is 25.1 Å². The highest BCUT2D eigenvalue weighted by atomic mass is 16.5. The summed E-state index contributed by atoms with van der Waals surface area (Å²) in [5, 5.41) is 14.1. The molecule has 5 heteroatoms. The fourth-order valence-corrected chi connectivity index (χ4v) is 4.73. The van der Waals surface area contributed by atoms with Crippen molar-refractivity contribution in [2.75, 3.05) is 0 Å². The van der Waals surface area contributed by atoms with Gasteiger partial charge in [0, 0.05) is 31.5 Å². The van der Waals surface area contributed by atoms with E-state index < -0.39 is 0 Å². The molecule has 5 nitrogen and oxygen atoms in total. The van der Waals surface area contributed by atoms with E-state index in [4.69, 9.17) is 4.74 Å². The Morgan fingerprint density at radius 3 is 2.71 bits per heavy atom. The predicted molar refractivity (Wildman–Crippen MR) is 110 cm³/mol. The van der Waals surface area contributed by atoms with Crippen LogP contribution in [-0.4, -0.2) is 32.9 Å². The Morgan fingerprint density at radius 2 is 1.93 bits per heavy atom. The number of hydrogen-bond acceptors (Lipinski definition) is 4. The molecule has 1 aromatic heterocycles. The molecule has 0 amide bonds. The zero-order valence-electron chi connectivity index (χ0n) is 16.7. The van der Waals surface area contributed by atoms with Crippen LogP contribution in [0.1, 0.15) is 56.1 Å². The average molecular weight is 384 g/mol. The minimum absolute atomic E-state index is 0.154. The second-order valence-corrected chi connectivity index (χ2v) is 8.49. The van der Waals surface area contributed by atoms with Gasteiger partial charge in [0.1, 0.15) is 0 Å². The Bertz CT molecular complexity index is 712. The number of nitrogens with one attached hydrogen (secondary N) is 1. The third-order valence-corrected chi connectivity index (χ3v) is 6.35. The molecule has 0 radical (unpaired) electrons. The zero-order chi connectivity index (χ0) is 19.2. The fourth-order valence-electron chi connectivity index (χ4n) is 4.73. The topological polar surface area (TPSA) is 59.3 Å². The summed E-state index contributed by atoms with van der Waals surface area (Å²) in [4.78, 5) is 4.11. The number of aliphatic hydroxyl groups excluding tert-OH is 1. The van der Waals surface area contributed by atoms with Crippen LogP contribution in [0.4, 0.5) is 0 Å². The largest absolute Gasteiger partial charge is 0.391 e. The minimum atomic E-state index is -0.279. The minimum Gasteiger partial charge on any atom is -0.391 e. The van der Waals surface area contributed by atoms with Crippen LogP contribution in [0.5, 0.6) is 0 Å². The molecule has 0 spiro atoms. The van der Waals surface area contributed by atoms with Gasteiger partial charge in [-0.15, -0.1) is 0 Å². The first kappa shape index (κ1) is 19.6. The molecule has 0 saturated heterocycles. The number of rotatable bonds is 8. The van der Waals surface area contributed by atoms with Crippen molar-refractivity contribution in [3.63, 3.8) is 0 Å². The molecule has 3 atom stereocenters. The van der Waals surface area contributed by atoms with Gasteiger partial charge in [0.15, 0.2) is 0 Å². The number of aromatic nitrogens is 2. The first-order valence-electron chi connectivity index (χ1n) is 10.8. The van der Waals surface area contributed by atoms with Crippen molar-refractivity contribution in [3.8, 4) is 0 Å². The van der Waals surface area contributed by atoms with Gasteiger partial charge in [-0.1, -0.05) is 43.5 Å². The molecule has 4 rings (SSSR count). The highest BCUT2D eigenvalue weighted by molar-refractivity contribution is 5.26. The third kappa shape index (κ3) is 5.22. The van der Waals surface area contributed by atoms with Gasteiger partial charge in [-0.25, -0.2) is 4.98 Å². The molecule has 28 heavy (non-hydrogen) atoms. The summed E-state index contributed by atoms with van der Waals surface area (Å²) in [6.45, 7) is 2.41. The Balaban J connectivity index is 1.28. The van der Waals surface area contributed by atoms with Crippen LogP contribution in [0.15, 0.2) is 43.0 Å². The van der Waals surface area contributed by atoms with Gasteiger partial charge < -0.3 is 19.7 Å². The van der Waals surface area contributed by atoms with E-state index in [1.165, 1.54) is 43.2 Å². The molecular formula is C23H33N3O2. The van der Waals surface area contributed by atoms with Crippen LogP contribution in [0.25, 0.3) is 0 Å². The van der Waals surface area contributed by atoms with Crippen molar-refractivity contribution in [1.29, 1.82) is 0 Å². The average Bonchev–Trinajstić information content (AvgIpc) is 3.36. The number of imidazole rings is 1. The molecule has 2 aliphatic rings. The van der Waals surface area contributed by atoms with Crippen molar-refractivity contribution < 1.29 is 9.84 Å². The maximum Gasteiger partial charge on any atom is 0.0945 e. The highest BCUT2D eigenvalue weighted by Crippen LogP contribution is 2.28. The van der Waals surface area contributed by atoms with Crippen LogP contribution in [0.2, 0.25) is 0 Å². The number of ether oxygens (including phenoxy) is 1. The monoisotopic (exact) mass is 383 g/mol. The maximum atomic E-state index is 10.5. The van der Waals surface area contributed by atoms with Crippen molar-refractivity contribution in [1.82, 2.24) is 14.9 Å². The van der Waals surface area contributed by atoms with Crippen LogP contribution in [0, 0.1) is 5.92 Å². The van der Waals surface area contributed by atoms with Gasteiger partial charge in [-0.3, -0.25) is 0 Å². The van der Waals surface area contributed by atoms with Gasteiger partial charge in [-0.05, 0) is 42.7 Å². The molecule has 0 aliphatic heterocycles. The first-order chi connectivity index (χ1) is 13.8. The summed E-state index contributed by atoms with van der Waals surface area (Å²) >= 11 is 0. The van der Waals surface area contributed by atoms with Gasteiger partial charge in [0.25, 0.3) is 0 Å². The molecule has 1 aromatic carbocycles. The van der Waals surface area contributed by atoms with E-state index in [2.05, 4.69) is 39.1 Å². The van der Waals surface area contributed by atoms with Crippen LogP contribution in [0.3, 0.4) is 0 Å². The Labute approximate surface area is 168 Å². The first-order valence-corrected chi connectivity index (χ1v) is 10.8. The second-order valence-electron chi connectivity index (χ2n) is 8.49. The van der Waals surface area contributed by atoms with E-state index in [0.717, 1.165) is 25.9 Å². The van der Waals surface area contributed by atoms with E-state index in [0.29, 0.717) is 18.6 Å². The lowest BCUT2D eigenvalue weighted by Gasteiger charge is -2.23. The van der Waals surface area contributed by atoms with E-state index >= 15 is 0 Å². The SMILES string of the molecule is O[C@@H]1CC(Cn2ccnc2)C[C@H]1NCc1ccccc1COC1CCCCC1. The summed E-state index contributed by atoms with van der Waals surface area (Å²) in [6, 6.07) is 8.69. The zero-order valence-corrected chi connectivity index (χ0v) is 16.7. The van der Waals surface area contributed by atoms with Gasteiger partial charge >= 0.3 is 0 Å². The number of benzene rings is 1. The summed E-state index contributed by atoms with van der Waals surface area (Å²) in [7, 11) is 0. The summed E-state index contributed by atoms with van der Waals surface area (Å²) in [5.41, 5.74) is 2.55. The van der Waals surface area contributed by atoms with Crippen LogP contribution >= 0.6 is 0 Å². The molecule has 2 saturated carbocycles. The number of hydrogen-bond donors (Lipinski definition) is 2. The highest BCUT2D eigenvalue weighted by Gasteiger charge is 2.32. The van der Waals surface area contributed by atoms with Crippen molar-refractivity contribution >= 4 is 0 Å². The van der Waals surface area contributed by atoms with E-state index in [-0.39, 0.29) is 12.1 Å². The lowest BCUT2D eigenvalue weighted by Crippen LogP contribution is -2.35. The summed E-state index contributed by atoms with van der Waals surface area (Å²) in [6.07, 6.45) is 14.0. The van der Waals surface area contributed by atoms with Crippen LogP contribution in [-0.2, 0) is 24.4 Å². The lowest BCUT2D eigenvalue weighted by atomic mass is 9.98. The Morgan fingerprint density at radius 1 is 1.11 bits per heavy atom. The molecule has 1 unspecified atom stereocenters. The normalized spacial score (nSPS) is 26.0. The van der Waals surface area contributed by atoms with E-state index in [1.54, 1.807) is 0 Å². The van der Waals surface area contributed by atoms with Gasteiger partial charge in [-0.2, -0.15) is 0 Å². The fraction of sp³-hybridized carbons (Fsp3) is 0.609. The molecule has 2 fully saturated rings. The maximum absolute atomic E-state index is 10.5. The Kier molecular flexibility index (Phi) is 6.78. The van der Waals surface area contributed by atoms with Crippen LogP contribution < -0.4 is 5.32 Å². The molecule has 1 heterocycles. The number of nitrogens with zero attached hydrogens (tertiary/aromatic N) is 2. The lowest BCUT2D eigenvalue weighted by molar-refractivity contribution is 0.0165. The van der Waals surface area contributed by atoms with E-state index in [1.807, 2.05) is 18.7 Å². The Hall–Kier alpha value is -1.69. The molecule has 2 aromatic rings. The third-order valence-electron chi connectivity index (χ3n) is 6.35. The van der Waals surface area contributed by atoms with Crippen molar-refractivity contribution in [2.24, 2.45) is 5.92 Å². The van der Waals surface area contributed by atoms with Crippen molar-refractivity contribution in [2.45, 2.75) is 82.9 Å². The smallest absolute Gasteiger partial charge is 0.0945 e. The summed E-state index contributed by atoms with van der Waals surface area (Å²) in [5.74, 6) is 0.492. The quantitative estimate of drug-likeness (QED) is 0.730. The molecule has 2 N–H and O–H groups in total. The predicted octanol–water partition coefficient (Wildman–Crippen LogP) is 3.66. The van der Waals surface area contributed by atoms with Gasteiger partial charge in [0.2, 0.25) is 0 Å². The number of aliphatic hydroxyl groups is 1. The second kappa shape index (κ2) is 9.68. The molecular weight excluding hydrogens is 350 g/mol.